The van der Waals surface area contributed by atoms with Crippen molar-refractivity contribution in [1.29, 1.82) is 0 Å². The minimum absolute atomic E-state index is 0. The smallest absolute Gasteiger partial charge is 0.311 e. The van der Waals surface area contributed by atoms with Crippen molar-refractivity contribution in [1.82, 2.24) is 0 Å². The van der Waals surface area contributed by atoms with Crippen LogP contribution in [0.25, 0.3) is 0 Å². The predicted molar refractivity (Wildman–Crippen MR) is 124 cm³/mol. The zero-order valence-electron chi connectivity index (χ0n) is 16.5. The summed E-state index contributed by atoms with van der Waals surface area (Å²) in [6.45, 7) is 6.54. The summed E-state index contributed by atoms with van der Waals surface area (Å²) in [6, 6.07) is 0. The molecule has 0 fully saturated rings. The Bertz CT molecular complexity index is 263. The van der Waals surface area contributed by atoms with Crippen molar-refractivity contribution in [3.63, 3.8) is 0 Å². The molecule has 1 N–H and O–H groups in total. The molecule has 0 bridgehead atoms. The molecule has 0 unspecified atom stereocenters. The second-order valence-electron chi connectivity index (χ2n) is 6.42. The molecule has 0 aliphatic carbocycles. The van der Waals surface area contributed by atoms with Gasteiger partial charge in [0.2, 0.25) is 0 Å². The summed E-state index contributed by atoms with van der Waals surface area (Å²) in [4.78, 5) is 11.3. The van der Waals surface area contributed by atoms with Gasteiger partial charge < -0.3 is 9.84 Å². The monoisotopic (exact) mass is 539 g/mol. The summed E-state index contributed by atoms with van der Waals surface area (Å²) in [5.41, 5.74) is -0.365. The second kappa shape index (κ2) is 28.2. The summed E-state index contributed by atoms with van der Waals surface area (Å²) in [7, 11) is 0. The van der Waals surface area contributed by atoms with Crippen LogP contribution in [-0.4, -0.2) is 48.7 Å². The lowest BCUT2D eigenvalue weighted by Crippen LogP contribution is -2.23. The number of alkyl halides is 4. The third-order valence-corrected chi connectivity index (χ3v) is 4.04. The highest BCUT2D eigenvalue weighted by molar-refractivity contribution is 9.09. The number of esters is 1. The lowest BCUT2D eigenvalue weighted by atomic mass is 9.97. The van der Waals surface area contributed by atoms with E-state index in [2.05, 4.69) is 31.9 Å². The van der Waals surface area contributed by atoms with E-state index in [1.807, 2.05) is 20.8 Å². The average Bonchev–Trinajstić information content (AvgIpc) is 2.55. The van der Waals surface area contributed by atoms with Gasteiger partial charge in [-0.15, -0.1) is 23.2 Å². The van der Waals surface area contributed by atoms with Crippen molar-refractivity contribution in [3.8, 4) is 0 Å². The molecule has 0 saturated heterocycles. The van der Waals surface area contributed by atoms with E-state index in [1.165, 1.54) is 32.1 Å². The number of aliphatic hydroxyl groups excluding tert-OH is 1. The molecule has 0 aromatic carbocycles. The van der Waals surface area contributed by atoms with Crippen molar-refractivity contribution in [2.45, 2.75) is 72.1 Å². The van der Waals surface area contributed by atoms with Gasteiger partial charge in [0.05, 0.1) is 17.4 Å². The molecule has 0 aromatic heterocycles. The van der Waals surface area contributed by atoms with Crippen LogP contribution in [0, 0.1) is 5.41 Å². The third kappa shape index (κ3) is 36.0. The number of halogens is 4. The minimum Gasteiger partial charge on any atom is -0.465 e. The summed E-state index contributed by atoms with van der Waals surface area (Å²) < 4.78 is 5.14. The Balaban J connectivity index is -0.000000172. The zero-order chi connectivity index (χ0) is 20.0. The van der Waals surface area contributed by atoms with E-state index >= 15 is 0 Å². The van der Waals surface area contributed by atoms with Crippen LogP contribution in [0.4, 0.5) is 0 Å². The third-order valence-electron chi connectivity index (χ3n) is 2.92. The number of carbonyl (C=O) groups is 1. The Morgan fingerprint density at radius 3 is 1.62 bits per heavy atom. The lowest BCUT2D eigenvalue weighted by molar-refractivity contribution is -0.153. The summed E-state index contributed by atoms with van der Waals surface area (Å²) in [5.74, 6) is -0.0991. The minimum atomic E-state index is -0.365. The molecule has 3 nitrogen and oxygen atoms in total. The standard InChI is InChI=1S/C11H21BrO2.C6H13BrO.CH2Cl2.B/c1-11(2,3)10(13)14-9-7-5-4-6-8-12;7-5-3-1-2-4-6-8;2-1-3;/h4-9H2,1-3H3;8H,1-6H2;1H2;. The van der Waals surface area contributed by atoms with Gasteiger partial charge in [-0.25, -0.2) is 0 Å². The molecule has 0 rings (SSSR count). The average molecular weight is 542 g/mol. The first kappa shape index (κ1) is 34.5. The second-order valence-corrected chi connectivity index (χ2v) is 8.81. The van der Waals surface area contributed by atoms with Gasteiger partial charge in [-0.05, 0) is 46.5 Å². The number of ether oxygens (including phenoxy) is 1. The molecular formula is C18H36BBr2Cl2O3. The molecule has 0 aliphatic heterocycles. The van der Waals surface area contributed by atoms with Gasteiger partial charge in [-0.2, -0.15) is 0 Å². The fourth-order valence-corrected chi connectivity index (χ4v) is 2.28. The van der Waals surface area contributed by atoms with Crippen molar-refractivity contribution in [2.24, 2.45) is 5.41 Å². The highest BCUT2D eigenvalue weighted by atomic mass is 79.9. The molecule has 0 spiro atoms. The van der Waals surface area contributed by atoms with Crippen LogP contribution in [0.2, 0.25) is 0 Å². The number of hydrogen-bond acceptors (Lipinski definition) is 3. The fraction of sp³-hybridized carbons (Fsp3) is 0.944. The van der Waals surface area contributed by atoms with Crippen LogP contribution in [-0.2, 0) is 9.53 Å². The van der Waals surface area contributed by atoms with Gasteiger partial charge in [-0.3, -0.25) is 4.79 Å². The van der Waals surface area contributed by atoms with Gasteiger partial charge in [0.25, 0.3) is 0 Å². The SMILES string of the molecule is CC(C)(C)C(=O)OCCCCCCBr.ClCCl.OCCCCCCBr.[B]. The van der Waals surface area contributed by atoms with E-state index in [9.17, 15) is 4.79 Å². The maximum Gasteiger partial charge on any atom is 0.311 e. The van der Waals surface area contributed by atoms with E-state index in [-0.39, 0.29) is 25.1 Å². The molecule has 0 aromatic rings. The van der Waals surface area contributed by atoms with Crippen LogP contribution < -0.4 is 0 Å². The zero-order valence-corrected chi connectivity index (χ0v) is 21.2. The molecule has 3 radical (unpaired) electrons. The van der Waals surface area contributed by atoms with Crippen LogP contribution in [0.3, 0.4) is 0 Å². The Labute approximate surface area is 190 Å². The van der Waals surface area contributed by atoms with Gasteiger partial charge >= 0.3 is 5.97 Å². The summed E-state index contributed by atoms with van der Waals surface area (Å²) in [6.07, 6.45) is 9.14. The van der Waals surface area contributed by atoms with Gasteiger partial charge in [0, 0.05) is 25.7 Å². The number of hydrogen-bond donors (Lipinski definition) is 1. The highest BCUT2D eigenvalue weighted by Crippen LogP contribution is 2.15. The molecule has 157 valence electrons. The molecule has 0 heterocycles. The first-order chi connectivity index (χ1) is 11.8. The number of unbranched alkanes of at least 4 members (excludes halogenated alkanes) is 6. The lowest BCUT2D eigenvalue weighted by Gasteiger charge is -2.16. The van der Waals surface area contributed by atoms with Gasteiger partial charge in [-0.1, -0.05) is 57.5 Å². The molecule has 8 heteroatoms. The first-order valence-electron chi connectivity index (χ1n) is 8.83. The fourth-order valence-electron chi connectivity index (χ4n) is 1.49. The van der Waals surface area contributed by atoms with Crippen molar-refractivity contribution < 1.29 is 14.6 Å². The Morgan fingerprint density at radius 1 is 0.885 bits per heavy atom. The van der Waals surface area contributed by atoms with Crippen LogP contribution in [0.15, 0.2) is 0 Å². The highest BCUT2D eigenvalue weighted by Gasteiger charge is 2.22. The van der Waals surface area contributed by atoms with E-state index in [4.69, 9.17) is 33.0 Å². The Hall–Kier alpha value is 1.03. The first-order valence-corrected chi connectivity index (χ1v) is 12.1. The molecule has 0 saturated carbocycles. The van der Waals surface area contributed by atoms with E-state index < -0.39 is 0 Å². The van der Waals surface area contributed by atoms with Crippen LogP contribution in [0.1, 0.15) is 72.1 Å². The largest absolute Gasteiger partial charge is 0.465 e. The van der Waals surface area contributed by atoms with Crippen molar-refractivity contribution >= 4 is 69.4 Å². The Kier molecular flexibility index (Phi) is 37.5. The summed E-state index contributed by atoms with van der Waals surface area (Å²) >= 11 is 16.2. The van der Waals surface area contributed by atoms with E-state index in [0.29, 0.717) is 13.2 Å². The van der Waals surface area contributed by atoms with Crippen LogP contribution in [0.5, 0.6) is 0 Å². The van der Waals surface area contributed by atoms with Gasteiger partial charge in [0.1, 0.15) is 0 Å². The maximum atomic E-state index is 11.3. The number of rotatable bonds is 11. The molecule has 26 heavy (non-hydrogen) atoms. The molecule has 0 amide bonds. The molecular weight excluding hydrogens is 506 g/mol. The molecule has 0 aliphatic rings. The number of aliphatic hydroxyl groups is 1. The van der Waals surface area contributed by atoms with E-state index in [1.54, 1.807) is 0 Å². The number of carbonyl (C=O) groups excluding carboxylic acids is 1. The van der Waals surface area contributed by atoms with Gasteiger partial charge in [0.15, 0.2) is 0 Å². The normalized spacial score (nSPS) is 9.85. The Morgan fingerprint density at radius 2 is 1.27 bits per heavy atom. The predicted octanol–water partition coefficient (Wildman–Crippen LogP) is 6.51. The summed E-state index contributed by atoms with van der Waals surface area (Å²) in [5, 5.41) is 10.7. The quantitative estimate of drug-likeness (QED) is 0.140. The van der Waals surface area contributed by atoms with E-state index in [0.717, 1.165) is 29.9 Å². The molecule has 0 atom stereocenters. The topological polar surface area (TPSA) is 46.5 Å². The maximum absolute atomic E-state index is 11.3. The van der Waals surface area contributed by atoms with Crippen molar-refractivity contribution in [3.05, 3.63) is 0 Å². The van der Waals surface area contributed by atoms with Crippen LogP contribution >= 0.6 is 55.1 Å². The van der Waals surface area contributed by atoms with Crippen molar-refractivity contribution in [2.75, 3.05) is 29.2 Å².